The molecule has 5 rings (SSSR count). The summed E-state index contributed by atoms with van der Waals surface area (Å²) in [5.41, 5.74) is 17.9. The van der Waals surface area contributed by atoms with Gasteiger partial charge in [0.15, 0.2) is 16.1 Å². The van der Waals surface area contributed by atoms with Gasteiger partial charge in [0, 0.05) is 36.4 Å². The maximum atomic E-state index is 13.4. The fraction of sp³-hybridized carbons (Fsp3) is 0.400. The number of hydrogen-bond donors (Lipinski definition) is 3. The number of anilines is 4. The van der Waals surface area contributed by atoms with Crippen molar-refractivity contribution in [2.45, 2.75) is 55.3 Å². The topological polar surface area (TPSA) is 117 Å². The molecule has 9 nitrogen and oxygen atoms in total. The fourth-order valence-electron chi connectivity index (χ4n) is 5.76. The molecule has 214 valence electrons. The number of ether oxygens (including phenoxy) is 1. The third-order valence-corrected chi connectivity index (χ3v) is 10.3. The Kier molecular flexibility index (Phi) is 7.96. The molecule has 10 heteroatoms. The number of sulfone groups is 1. The molecule has 0 radical (unpaired) electrons. The predicted molar refractivity (Wildman–Crippen MR) is 162 cm³/mol. The smallest absolute Gasteiger partial charge is 0.182 e. The van der Waals surface area contributed by atoms with E-state index in [1.165, 1.54) is 0 Å². The van der Waals surface area contributed by atoms with Gasteiger partial charge in [-0.05, 0) is 64.1 Å². The molecule has 2 heterocycles. The Balaban J connectivity index is 1.60. The number of nitrogens with one attached hydrogen (secondary N) is 1. The highest BCUT2D eigenvalue weighted by Crippen LogP contribution is 2.46. The Morgan fingerprint density at radius 1 is 0.925 bits per heavy atom. The molecule has 2 unspecified atom stereocenters. The van der Waals surface area contributed by atoms with E-state index in [2.05, 4.69) is 22.3 Å². The third-order valence-electron chi connectivity index (χ3n) is 8.13. The van der Waals surface area contributed by atoms with E-state index in [-0.39, 0.29) is 4.90 Å². The Labute approximate surface area is 237 Å². The normalized spacial score (nSPS) is 20.1. The number of nitrogens with two attached hydrogens (primary N) is 2. The number of nitrogens with zero attached hydrogens (tertiary/aromatic N) is 3. The number of fused-ring (bicyclic) bond motifs is 1. The highest BCUT2D eigenvalue weighted by atomic mass is 32.2. The van der Waals surface area contributed by atoms with E-state index < -0.39 is 27.5 Å². The Morgan fingerprint density at radius 3 is 2.23 bits per heavy atom. The molecule has 0 saturated carbocycles. The number of methoxy groups -OCH3 is 1. The zero-order valence-corrected chi connectivity index (χ0v) is 24.4. The summed E-state index contributed by atoms with van der Waals surface area (Å²) in [6.07, 6.45) is 0.691. The number of hydrogen-bond acceptors (Lipinski definition) is 9. The van der Waals surface area contributed by atoms with Gasteiger partial charge in [-0.15, -0.1) is 0 Å². The Bertz CT molecular complexity index is 1460. The number of rotatable bonds is 7. The van der Waals surface area contributed by atoms with Crippen LogP contribution in [0.25, 0.3) is 0 Å². The van der Waals surface area contributed by atoms with Crippen molar-refractivity contribution in [1.29, 1.82) is 0 Å². The average Bonchev–Trinajstić information content (AvgIpc) is 2.97. The summed E-state index contributed by atoms with van der Waals surface area (Å²) in [5.74, 6) is 0.678. The Morgan fingerprint density at radius 2 is 1.57 bits per heavy atom. The maximum absolute atomic E-state index is 13.4. The maximum Gasteiger partial charge on any atom is 0.182 e. The van der Waals surface area contributed by atoms with Crippen LogP contribution in [0.5, 0.6) is 5.75 Å². The van der Waals surface area contributed by atoms with Crippen molar-refractivity contribution in [1.82, 2.24) is 5.32 Å². The summed E-state index contributed by atoms with van der Waals surface area (Å²) in [6.45, 7) is 5.28. The zero-order valence-electron chi connectivity index (χ0n) is 23.6. The minimum Gasteiger partial charge on any atom is -0.494 e. The van der Waals surface area contributed by atoms with Gasteiger partial charge < -0.3 is 30.5 Å². The van der Waals surface area contributed by atoms with E-state index in [0.717, 1.165) is 48.6 Å². The molecule has 0 amide bonds. The first kappa shape index (κ1) is 28.2. The lowest BCUT2D eigenvalue weighted by Gasteiger charge is -2.48. The highest BCUT2D eigenvalue weighted by Gasteiger charge is 2.39. The molecule has 3 aromatic rings. The predicted octanol–water partition coefficient (Wildman–Crippen LogP) is 3.92. The summed E-state index contributed by atoms with van der Waals surface area (Å²) in [6, 6.07) is 21.5. The summed E-state index contributed by atoms with van der Waals surface area (Å²) in [5, 5.41) is 2.78. The fourth-order valence-corrected chi connectivity index (χ4v) is 7.00. The van der Waals surface area contributed by atoms with Crippen LogP contribution in [0.15, 0.2) is 71.6 Å². The van der Waals surface area contributed by atoms with E-state index in [4.69, 9.17) is 16.2 Å². The van der Waals surface area contributed by atoms with Crippen molar-refractivity contribution in [2.75, 3.05) is 41.9 Å². The molecular weight excluding hydrogens is 524 g/mol. The van der Waals surface area contributed by atoms with Crippen molar-refractivity contribution in [3.63, 3.8) is 0 Å². The van der Waals surface area contributed by atoms with E-state index >= 15 is 0 Å². The van der Waals surface area contributed by atoms with Gasteiger partial charge in [0.25, 0.3) is 0 Å². The zero-order chi connectivity index (χ0) is 28.6. The van der Waals surface area contributed by atoms with Crippen molar-refractivity contribution in [3.8, 4) is 5.75 Å². The molecule has 2 aliphatic heterocycles. The molecule has 2 aliphatic rings. The van der Waals surface area contributed by atoms with Crippen molar-refractivity contribution >= 4 is 32.6 Å². The van der Waals surface area contributed by atoms with Crippen LogP contribution in [0.3, 0.4) is 0 Å². The standard InChI is InChI=1S/C30H40N6O3S/c1-20(2)40(37,38)28-12-8-7-11-26(28)36-29(31)23-9-5-6-10-24(23)35(30(36)32)25-14-13-22(19-27(25)39-4)34-17-15-21(33-3)16-18-34/h5-14,19-21,29-30,33H,15-18,31-32H2,1-4H3. The lowest BCUT2D eigenvalue weighted by atomic mass is 10.0. The van der Waals surface area contributed by atoms with Gasteiger partial charge in [-0.25, -0.2) is 8.42 Å². The largest absolute Gasteiger partial charge is 0.494 e. The first-order valence-corrected chi connectivity index (χ1v) is 15.3. The number of piperidine rings is 1. The second-order valence-corrected chi connectivity index (χ2v) is 13.1. The van der Waals surface area contributed by atoms with E-state index in [9.17, 15) is 8.42 Å². The molecule has 0 spiro atoms. The summed E-state index contributed by atoms with van der Waals surface area (Å²) in [4.78, 5) is 6.35. The summed E-state index contributed by atoms with van der Waals surface area (Å²) in [7, 11) is 0.0695. The van der Waals surface area contributed by atoms with Gasteiger partial charge in [0.2, 0.25) is 0 Å². The number of benzene rings is 3. The third kappa shape index (κ3) is 4.89. The molecule has 0 bridgehead atoms. The SMILES string of the molecule is CNC1CCN(c2ccc(N3c4ccccc4C(N)N(c4ccccc4S(=O)(=O)C(C)C)C3N)c(OC)c2)CC1. The lowest BCUT2D eigenvalue weighted by Crippen LogP contribution is -2.59. The summed E-state index contributed by atoms with van der Waals surface area (Å²) >= 11 is 0. The Hall–Kier alpha value is -3.31. The molecule has 1 fully saturated rings. The molecule has 2 atom stereocenters. The molecule has 0 aromatic heterocycles. The van der Waals surface area contributed by atoms with Crippen LogP contribution in [0.2, 0.25) is 0 Å². The van der Waals surface area contributed by atoms with E-state index in [0.29, 0.717) is 17.5 Å². The molecule has 0 aliphatic carbocycles. The van der Waals surface area contributed by atoms with Crippen molar-refractivity contribution < 1.29 is 13.2 Å². The quantitative estimate of drug-likeness (QED) is 0.392. The molecular formula is C30H40N6O3S. The lowest BCUT2D eigenvalue weighted by molar-refractivity contribution is 0.410. The van der Waals surface area contributed by atoms with Gasteiger partial charge in [0.05, 0.1) is 34.3 Å². The second-order valence-electron chi connectivity index (χ2n) is 10.7. The van der Waals surface area contributed by atoms with Crippen LogP contribution < -0.4 is 36.2 Å². The van der Waals surface area contributed by atoms with Gasteiger partial charge >= 0.3 is 0 Å². The number of para-hydroxylation sites is 2. The minimum absolute atomic E-state index is 0.211. The molecule has 1 saturated heterocycles. The minimum atomic E-state index is -3.61. The van der Waals surface area contributed by atoms with E-state index in [1.54, 1.807) is 44.1 Å². The van der Waals surface area contributed by atoms with Crippen LogP contribution in [0.1, 0.15) is 38.4 Å². The molecule has 40 heavy (non-hydrogen) atoms. The van der Waals surface area contributed by atoms with Crippen LogP contribution in [0, 0.1) is 0 Å². The van der Waals surface area contributed by atoms with Gasteiger partial charge in [-0.1, -0.05) is 30.3 Å². The van der Waals surface area contributed by atoms with Crippen LogP contribution in [0.4, 0.5) is 22.7 Å². The van der Waals surface area contributed by atoms with Crippen LogP contribution in [-0.2, 0) is 9.84 Å². The van der Waals surface area contributed by atoms with Gasteiger partial charge in [0.1, 0.15) is 11.9 Å². The van der Waals surface area contributed by atoms with Crippen molar-refractivity contribution in [2.24, 2.45) is 11.5 Å². The van der Waals surface area contributed by atoms with Crippen LogP contribution >= 0.6 is 0 Å². The highest BCUT2D eigenvalue weighted by molar-refractivity contribution is 7.92. The average molecular weight is 565 g/mol. The molecule has 5 N–H and O–H groups in total. The van der Waals surface area contributed by atoms with E-state index in [1.807, 2.05) is 48.3 Å². The monoisotopic (exact) mass is 564 g/mol. The second kappa shape index (κ2) is 11.3. The van der Waals surface area contributed by atoms with Gasteiger partial charge in [-0.2, -0.15) is 0 Å². The van der Waals surface area contributed by atoms with Crippen molar-refractivity contribution in [3.05, 3.63) is 72.3 Å². The molecule has 3 aromatic carbocycles. The van der Waals surface area contributed by atoms with Gasteiger partial charge in [-0.3, -0.25) is 5.73 Å². The first-order chi connectivity index (χ1) is 19.2. The first-order valence-electron chi connectivity index (χ1n) is 13.8. The van der Waals surface area contributed by atoms with Crippen LogP contribution in [-0.4, -0.2) is 53.2 Å². The summed E-state index contributed by atoms with van der Waals surface area (Å²) < 4.78 is 32.7.